The van der Waals surface area contributed by atoms with Gasteiger partial charge in [-0.2, -0.15) is 5.26 Å². The van der Waals surface area contributed by atoms with E-state index >= 15 is 0 Å². The summed E-state index contributed by atoms with van der Waals surface area (Å²) in [5, 5.41) is 19.3. The van der Waals surface area contributed by atoms with E-state index in [1.165, 1.54) is 0 Å². The van der Waals surface area contributed by atoms with Gasteiger partial charge in [0.25, 0.3) is 0 Å². The molecule has 138 valence electrons. The van der Waals surface area contributed by atoms with Crippen LogP contribution in [0.2, 0.25) is 0 Å². The second-order valence-electron chi connectivity index (χ2n) is 7.58. The van der Waals surface area contributed by atoms with E-state index in [0.29, 0.717) is 24.1 Å². The van der Waals surface area contributed by atoms with Crippen LogP contribution in [0.4, 0.5) is 0 Å². The van der Waals surface area contributed by atoms with Crippen molar-refractivity contribution in [3.8, 4) is 6.07 Å². The quantitative estimate of drug-likeness (QED) is 0.724. The molecular formula is C22H29N3O. The first-order chi connectivity index (χ1) is 12.2. The van der Waals surface area contributed by atoms with Crippen molar-refractivity contribution in [2.75, 3.05) is 0 Å². The Hall–Kier alpha value is -2.35. The SMILES string of the molecule is C\C(=C/C=C(N)/C=C/C1CC(O)CC(C)(N)C1C)c1ccccc1C#N. The molecule has 4 atom stereocenters. The maximum absolute atomic E-state index is 10.1. The van der Waals surface area contributed by atoms with Crippen molar-refractivity contribution in [1.29, 1.82) is 5.26 Å². The second-order valence-corrected chi connectivity index (χ2v) is 7.58. The minimum Gasteiger partial charge on any atom is -0.399 e. The number of benzene rings is 1. The topological polar surface area (TPSA) is 96.1 Å². The molecule has 0 amide bonds. The van der Waals surface area contributed by atoms with E-state index in [2.05, 4.69) is 19.1 Å². The van der Waals surface area contributed by atoms with Gasteiger partial charge in [0.15, 0.2) is 0 Å². The van der Waals surface area contributed by atoms with E-state index in [0.717, 1.165) is 11.1 Å². The zero-order chi connectivity index (χ0) is 19.3. The Morgan fingerprint density at radius 2 is 2.04 bits per heavy atom. The Balaban J connectivity index is 2.12. The molecule has 0 bridgehead atoms. The predicted octanol–water partition coefficient (Wildman–Crippen LogP) is 3.48. The van der Waals surface area contributed by atoms with Crippen LogP contribution >= 0.6 is 0 Å². The lowest BCUT2D eigenvalue weighted by atomic mass is 9.68. The lowest BCUT2D eigenvalue weighted by Crippen LogP contribution is -2.52. The molecule has 4 nitrogen and oxygen atoms in total. The van der Waals surface area contributed by atoms with Gasteiger partial charge in [-0.3, -0.25) is 0 Å². The zero-order valence-electron chi connectivity index (χ0n) is 15.8. The van der Waals surface area contributed by atoms with Gasteiger partial charge in [0.2, 0.25) is 0 Å². The molecule has 1 aromatic rings. The molecule has 4 unspecified atom stereocenters. The van der Waals surface area contributed by atoms with Crippen LogP contribution in [0, 0.1) is 23.2 Å². The fourth-order valence-electron chi connectivity index (χ4n) is 3.56. The summed E-state index contributed by atoms with van der Waals surface area (Å²) in [5.41, 5.74) is 15.2. The second kappa shape index (κ2) is 8.35. The van der Waals surface area contributed by atoms with Crippen molar-refractivity contribution in [3.05, 3.63) is 65.4 Å². The maximum atomic E-state index is 10.1. The van der Waals surface area contributed by atoms with Crippen molar-refractivity contribution in [3.63, 3.8) is 0 Å². The molecule has 1 fully saturated rings. The number of aliphatic hydroxyl groups excluding tert-OH is 1. The van der Waals surface area contributed by atoms with Gasteiger partial charge < -0.3 is 16.6 Å². The average molecular weight is 351 g/mol. The Labute approximate surface area is 156 Å². The van der Waals surface area contributed by atoms with Crippen LogP contribution in [-0.2, 0) is 0 Å². The number of aliphatic hydroxyl groups is 1. The van der Waals surface area contributed by atoms with Crippen LogP contribution in [0.25, 0.3) is 5.57 Å². The minimum absolute atomic E-state index is 0.199. The molecule has 0 aliphatic heterocycles. The highest BCUT2D eigenvalue weighted by atomic mass is 16.3. The first-order valence-corrected chi connectivity index (χ1v) is 9.03. The Morgan fingerprint density at radius 3 is 2.73 bits per heavy atom. The summed E-state index contributed by atoms with van der Waals surface area (Å²) in [6.07, 6.45) is 8.66. The van der Waals surface area contributed by atoms with E-state index < -0.39 is 0 Å². The van der Waals surface area contributed by atoms with Crippen LogP contribution in [-0.4, -0.2) is 16.7 Å². The Bertz CT molecular complexity index is 768. The van der Waals surface area contributed by atoms with Crippen LogP contribution in [0.1, 0.15) is 44.7 Å². The third kappa shape index (κ3) is 4.85. The van der Waals surface area contributed by atoms with Crippen molar-refractivity contribution in [2.45, 2.75) is 45.3 Å². The number of nitriles is 1. The van der Waals surface area contributed by atoms with Gasteiger partial charge >= 0.3 is 0 Å². The highest BCUT2D eigenvalue weighted by molar-refractivity contribution is 5.70. The summed E-state index contributed by atoms with van der Waals surface area (Å²) in [4.78, 5) is 0. The van der Waals surface area contributed by atoms with Gasteiger partial charge in [0.05, 0.1) is 17.7 Å². The van der Waals surface area contributed by atoms with Crippen molar-refractivity contribution >= 4 is 5.57 Å². The predicted molar refractivity (Wildman–Crippen MR) is 107 cm³/mol. The fourth-order valence-corrected chi connectivity index (χ4v) is 3.56. The van der Waals surface area contributed by atoms with Gasteiger partial charge in [0.1, 0.15) is 0 Å². The molecule has 1 saturated carbocycles. The molecule has 26 heavy (non-hydrogen) atoms. The van der Waals surface area contributed by atoms with E-state index in [1.54, 1.807) is 6.07 Å². The molecule has 5 N–H and O–H groups in total. The normalized spacial score (nSPS) is 30.4. The number of rotatable bonds is 4. The Kier molecular flexibility index (Phi) is 6.42. The lowest BCUT2D eigenvalue weighted by molar-refractivity contribution is 0.0401. The molecule has 0 radical (unpaired) electrons. The number of hydrogen-bond donors (Lipinski definition) is 3. The largest absolute Gasteiger partial charge is 0.399 e. The van der Waals surface area contributed by atoms with Gasteiger partial charge in [-0.1, -0.05) is 37.3 Å². The summed E-state index contributed by atoms with van der Waals surface area (Å²) in [6, 6.07) is 9.71. The van der Waals surface area contributed by atoms with Gasteiger partial charge in [-0.05, 0) is 67.9 Å². The molecule has 2 rings (SSSR count). The number of hydrogen-bond acceptors (Lipinski definition) is 4. The molecule has 0 heterocycles. The van der Waals surface area contributed by atoms with Crippen LogP contribution in [0.5, 0.6) is 0 Å². The van der Waals surface area contributed by atoms with E-state index in [1.807, 2.05) is 50.3 Å². The summed E-state index contributed by atoms with van der Waals surface area (Å²) in [5.74, 6) is 0.472. The third-order valence-electron chi connectivity index (χ3n) is 5.44. The summed E-state index contributed by atoms with van der Waals surface area (Å²) < 4.78 is 0. The van der Waals surface area contributed by atoms with Crippen molar-refractivity contribution < 1.29 is 5.11 Å². The molecule has 0 aromatic heterocycles. The number of nitrogens with zero attached hydrogens (tertiary/aromatic N) is 1. The third-order valence-corrected chi connectivity index (χ3v) is 5.44. The van der Waals surface area contributed by atoms with E-state index in [4.69, 9.17) is 11.5 Å². The molecular weight excluding hydrogens is 322 g/mol. The monoisotopic (exact) mass is 351 g/mol. The Morgan fingerprint density at radius 1 is 1.35 bits per heavy atom. The molecule has 0 saturated heterocycles. The van der Waals surface area contributed by atoms with Crippen LogP contribution in [0.3, 0.4) is 0 Å². The van der Waals surface area contributed by atoms with Gasteiger partial charge in [0, 0.05) is 11.2 Å². The highest BCUT2D eigenvalue weighted by Gasteiger charge is 2.39. The van der Waals surface area contributed by atoms with Crippen molar-refractivity contribution in [2.24, 2.45) is 23.3 Å². The van der Waals surface area contributed by atoms with Gasteiger partial charge in [-0.25, -0.2) is 0 Å². The standard InChI is InChI=1S/C22H29N3O/c1-15(21-7-5-4-6-18(21)14-23)8-10-19(24)11-9-17-12-20(26)13-22(3,25)16(17)2/h4-11,16-17,20,26H,12-13,24-25H2,1-3H3/b11-9+,15-8+,19-10-. The van der Waals surface area contributed by atoms with E-state index in [-0.39, 0.29) is 23.5 Å². The van der Waals surface area contributed by atoms with Gasteiger partial charge in [-0.15, -0.1) is 0 Å². The highest BCUT2D eigenvalue weighted by Crippen LogP contribution is 2.37. The fraction of sp³-hybridized carbons (Fsp3) is 0.409. The maximum Gasteiger partial charge on any atom is 0.0998 e. The van der Waals surface area contributed by atoms with Crippen LogP contribution in [0.15, 0.2) is 54.3 Å². The molecule has 1 aromatic carbocycles. The first kappa shape index (κ1) is 20.0. The molecule has 4 heteroatoms. The van der Waals surface area contributed by atoms with E-state index in [9.17, 15) is 10.4 Å². The molecule has 1 aliphatic rings. The summed E-state index contributed by atoms with van der Waals surface area (Å²) in [6.45, 7) is 6.09. The first-order valence-electron chi connectivity index (χ1n) is 9.03. The molecule has 0 spiro atoms. The zero-order valence-corrected chi connectivity index (χ0v) is 15.8. The number of allylic oxidation sites excluding steroid dienone is 5. The lowest BCUT2D eigenvalue weighted by Gasteiger charge is -2.43. The number of nitrogens with two attached hydrogens (primary N) is 2. The average Bonchev–Trinajstić information content (AvgIpc) is 2.60. The smallest absolute Gasteiger partial charge is 0.0998 e. The van der Waals surface area contributed by atoms with Crippen LogP contribution < -0.4 is 11.5 Å². The minimum atomic E-state index is -0.372. The summed E-state index contributed by atoms with van der Waals surface area (Å²) >= 11 is 0. The summed E-state index contributed by atoms with van der Waals surface area (Å²) in [7, 11) is 0. The van der Waals surface area contributed by atoms with Crippen molar-refractivity contribution in [1.82, 2.24) is 0 Å². The molecule has 1 aliphatic carbocycles.